The number of rotatable bonds is 5. The summed E-state index contributed by atoms with van der Waals surface area (Å²) in [6, 6.07) is 10.2. The lowest BCUT2D eigenvalue weighted by Crippen LogP contribution is -2.32. The molecule has 0 saturated heterocycles. The highest BCUT2D eigenvalue weighted by atomic mass is 19.1. The van der Waals surface area contributed by atoms with Gasteiger partial charge in [0, 0.05) is 24.0 Å². The number of halogens is 1. The zero-order chi connectivity index (χ0) is 14.8. The Kier molecular flexibility index (Phi) is 4.02. The molecule has 0 unspecified atom stereocenters. The first kappa shape index (κ1) is 14.2. The van der Waals surface area contributed by atoms with Gasteiger partial charge in [-0.05, 0) is 43.2 Å². The Morgan fingerprint density at radius 1 is 1.19 bits per heavy atom. The third-order valence-electron chi connectivity index (χ3n) is 4.24. The summed E-state index contributed by atoms with van der Waals surface area (Å²) in [6.45, 7) is 2.72. The summed E-state index contributed by atoms with van der Waals surface area (Å²) < 4.78 is 19.3. The molecule has 0 aromatic heterocycles. The van der Waals surface area contributed by atoms with E-state index in [2.05, 4.69) is 0 Å². The molecule has 3 heteroatoms. The van der Waals surface area contributed by atoms with Gasteiger partial charge in [-0.1, -0.05) is 24.3 Å². The number of carbonyl (C=O) groups is 1. The van der Waals surface area contributed by atoms with Gasteiger partial charge in [-0.3, -0.25) is 4.79 Å². The van der Waals surface area contributed by atoms with Crippen molar-refractivity contribution < 1.29 is 13.9 Å². The number of fused-ring (bicyclic) bond motifs is 1. The van der Waals surface area contributed by atoms with Gasteiger partial charge in [-0.15, -0.1) is 0 Å². The van der Waals surface area contributed by atoms with Crippen LogP contribution in [0.5, 0.6) is 0 Å². The standard InChI is InChI=1S/C18H19FO2/c1-2-21-13-9-12(10-13)11-18(20)16-7-8-17(19)15-6-4-3-5-14(15)16/h3-8,12-13H,2,9-11H2,1H3. The summed E-state index contributed by atoms with van der Waals surface area (Å²) in [6.07, 6.45) is 2.76. The minimum atomic E-state index is -0.276. The second kappa shape index (κ2) is 5.94. The number of Topliss-reactive ketones (excluding diaryl/α,β-unsaturated/α-hetero) is 1. The van der Waals surface area contributed by atoms with E-state index in [1.165, 1.54) is 6.07 Å². The van der Waals surface area contributed by atoms with Gasteiger partial charge in [0.05, 0.1) is 6.10 Å². The Labute approximate surface area is 123 Å². The largest absolute Gasteiger partial charge is 0.378 e. The highest BCUT2D eigenvalue weighted by Crippen LogP contribution is 2.34. The summed E-state index contributed by atoms with van der Waals surface area (Å²) in [5.74, 6) is 0.228. The van der Waals surface area contributed by atoms with E-state index in [1.807, 2.05) is 19.1 Å². The van der Waals surface area contributed by atoms with E-state index in [0.717, 1.165) is 19.4 Å². The van der Waals surface area contributed by atoms with Crippen molar-refractivity contribution >= 4 is 16.6 Å². The Bertz CT molecular complexity index is 659. The van der Waals surface area contributed by atoms with E-state index in [0.29, 0.717) is 34.8 Å². The van der Waals surface area contributed by atoms with Crippen LogP contribution in [-0.4, -0.2) is 18.5 Å². The van der Waals surface area contributed by atoms with E-state index in [4.69, 9.17) is 4.74 Å². The molecule has 0 bridgehead atoms. The van der Waals surface area contributed by atoms with Crippen LogP contribution < -0.4 is 0 Å². The molecule has 3 rings (SSSR count). The molecule has 21 heavy (non-hydrogen) atoms. The summed E-state index contributed by atoms with van der Waals surface area (Å²) in [4.78, 5) is 12.5. The van der Waals surface area contributed by atoms with Gasteiger partial charge in [-0.2, -0.15) is 0 Å². The number of benzene rings is 2. The molecule has 1 aliphatic rings. The van der Waals surface area contributed by atoms with Crippen LogP contribution in [0.4, 0.5) is 4.39 Å². The van der Waals surface area contributed by atoms with Gasteiger partial charge >= 0.3 is 0 Å². The topological polar surface area (TPSA) is 26.3 Å². The van der Waals surface area contributed by atoms with E-state index in [9.17, 15) is 9.18 Å². The Morgan fingerprint density at radius 3 is 2.62 bits per heavy atom. The third kappa shape index (κ3) is 2.84. The molecular formula is C18H19FO2. The average Bonchev–Trinajstić information content (AvgIpc) is 2.45. The van der Waals surface area contributed by atoms with E-state index < -0.39 is 0 Å². The Balaban J connectivity index is 1.75. The maximum absolute atomic E-state index is 13.8. The fourth-order valence-corrected chi connectivity index (χ4v) is 3.09. The van der Waals surface area contributed by atoms with E-state index in [1.54, 1.807) is 18.2 Å². The smallest absolute Gasteiger partial charge is 0.163 e. The van der Waals surface area contributed by atoms with Crippen LogP contribution >= 0.6 is 0 Å². The first-order valence-electron chi connectivity index (χ1n) is 7.51. The maximum atomic E-state index is 13.8. The van der Waals surface area contributed by atoms with Crippen molar-refractivity contribution in [1.82, 2.24) is 0 Å². The van der Waals surface area contributed by atoms with Gasteiger partial charge in [-0.25, -0.2) is 4.39 Å². The first-order chi connectivity index (χ1) is 10.2. The van der Waals surface area contributed by atoms with E-state index >= 15 is 0 Å². The molecule has 0 amide bonds. The summed E-state index contributed by atoms with van der Waals surface area (Å²) >= 11 is 0. The van der Waals surface area contributed by atoms with Crippen molar-refractivity contribution in [2.24, 2.45) is 5.92 Å². The minimum absolute atomic E-state index is 0.103. The van der Waals surface area contributed by atoms with Crippen molar-refractivity contribution in [2.45, 2.75) is 32.3 Å². The summed E-state index contributed by atoms with van der Waals surface area (Å²) in [5, 5.41) is 1.23. The van der Waals surface area contributed by atoms with Crippen molar-refractivity contribution in [2.75, 3.05) is 6.61 Å². The molecule has 0 radical (unpaired) electrons. The molecule has 0 aliphatic heterocycles. The fraction of sp³-hybridized carbons (Fsp3) is 0.389. The van der Waals surface area contributed by atoms with Crippen molar-refractivity contribution in [3.05, 3.63) is 47.8 Å². The predicted octanol–water partition coefficient (Wildman–Crippen LogP) is 4.37. The quantitative estimate of drug-likeness (QED) is 0.763. The maximum Gasteiger partial charge on any atom is 0.163 e. The summed E-state index contributed by atoms with van der Waals surface area (Å²) in [5.41, 5.74) is 0.631. The van der Waals surface area contributed by atoms with Gasteiger partial charge < -0.3 is 4.74 Å². The molecule has 1 aliphatic carbocycles. The summed E-state index contributed by atoms with van der Waals surface area (Å²) in [7, 11) is 0. The van der Waals surface area contributed by atoms with Crippen LogP contribution in [0, 0.1) is 11.7 Å². The van der Waals surface area contributed by atoms with Crippen molar-refractivity contribution in [1.29, 1.82) is 0 Å². The normalized spacial score (nSPS) is 21.2. The molecule has 2 nitrogen and oxygen atoms in total. The lowest BCUT2D eigenvalue weighted by Gasteiger charge is -2.34. The molecule has 2 aromatic carbocycles. The van der Waals surface area contributed by atoms with Gasteiger partial charge in [0.2, 0.25) is 0 Å². The molecule has 2 aromatic rings. The molecule has 0 spiro atoms. The molecule has 0 heterocycles. The number of hydrogen-bond acceptors (Lipinski definition) is 2. The molecule has 0 N–H and O–H groups in total. The molecule has 1 saturated carbocycles. The minimum Gasteiger partial charge on any atom is -0.378 e. The molecule has 1 fully saturated rings. The second-order valence-electron chi connectivity index (χ2n) is 5.68. The van der Waals surface area contributed by atoms with Gasteiger partial charge in [0.1, 0.15) is 5.82 Å². The van der Waals surface area contributed by atoms with E-state index in [-0.39, 0.29) is 11.6 Å². The van der Waals surface area contributed by atoms with Crippen LogP contribution in [0.3, 0.4) is 0 Å². The molecule has 0 atom stereocenters. The SMILES string of the molecule is CCOC1CC(CC(=O)c2ccc(F)c3ccccc23)C1. The fourth-order valence-electron chi connectivity index (χ4n) is 3.09. The van der Waals surface area contributed by atoms with Gasteiger partial charge in [0.15, 0.2) is 5.78 Å². The van der Waals surface area contributed by atoms with Crippen molar-refractivity contribution in [3.63, 3.8) is 0 Å². The zero-order valence-corrected chi connectivity index (χ0v) is 12.1. The Hall–Kier alpha value is -1.74. The van der Waals surface area contributed by atoms with Crippen LogP contribution in [0.25, 0.3) is 10.8 Å². The van der Waals surface area contributed by atoms with Crippen LogP contribution in [0.2, 0.25) is 0 Å². The number of hydrogen-bond donors (Lipinski definition) is 0. The molecule has 110 valence electrons. The van der Waals surface area contributed by atoms with Crippen molar-refractivity contribution in [3.8, 4) is 0 Å². The first-order valence-corrected chi connectivity index (χ1v) is 7.51. The van der Waals surface area contributed by atoms with Crippen LogP contribution in [0.15, 0.2) is 36.4 Å². The third-order valence-corrected chi connectivity index (χ3v) is 4.24. The van der Waals surface area contributed by atoms with Crippen LogP contribution in [-0.2, 0) is 4.74 Å². The lowest BCUT2D eigenvalue weighted by atomic mass is 9.78. The highest BCUT2D eigenvalue weighted by Gasteiger charge is 2.31. The average molecular weight is 286 g/mol. The number of carbonyl (C=O) groups excluding carboxylic acids is 1. The zero-order valence-electron chi connectivity index (χ0n) is 12.1. The van der Waals surface area contributed by atoms with Crippen LogP contribution in [0.1, 0.15) is 36.5 Å². The lowest BCUT2D eigenvalue weighted by molar-refractivity contribution is -0.0245. The molecular weight excluding hydrogens is 267 g/mol. The monoisotopic (exact) mass is 286 g/mol. The predicted molar refractivity (Wildman–Crippen MR) is 81.0 cm³/mol. The highest BCUT2D eigenvalue weighted by molar-refractivity contribution is 6.08. The second-order valence-corrected chi connectivity index (χ2v) is 5.68. The Morgan fingerprint density at radius 2 is 1.90 bits per heavy atom. The van der Waals surface area contributed by atoms with Gasteiger partial charge in [0.25, 0.3) is 0 Å². The number of ketones is 1. The number of ether oxygens (including phenoxy) is 1.